The zero-order valence-corrected chi connectivity index (χ0v) is 13.0. The van der Waals surface area contributed by atoms with Gasteiger partial charge in [-0.2, -0.15) is 0 Å². The van der Waals surface area contributed by atoms with Crippen molar-refractivity contribution >= 4 is 11.9 Å². The van der Waals surface area contributed by atoms with E-state index in [1.54, 1.807) is 0 Å². The van der Waals surface area contributed by atoms with Crippen LogP contribution in [0.2, 0.25) is 0 Å². The number of rotatable bonds is 12. The van der Waals surface area contributed by atoms with Gasteiger partial charge < -0.3 is 14.2 Å². The maximum absolute atomic E-state index is 11.8. The molecule has 0 spiro atoms. The van der Waals surface area contributed by atoms with Crippen molar-refractivity contribution in [1.29, 1.82) is 0 Å². The Labute approximate surface area is 122 Å². The predicted octanol–water partition coefficient (Wildman–Crippen LogP) is 2.86. The lowest BCUT2D eigenvalue weighted by molar-refractivity contribution is -0.173. The largest absolute Gasteiger partial charge is 0.463 e. The third-order valence-corrected chi connectivity index (χ3v) is 2.69. The zero-order chi connectivity index (χ0) is 15.2. The number of carbonyl (C=O) groups is 2. The van der Waals surface area contributed by atoms with Crippen LogP contribution in [0.1, 0.15) is 59.3 Å². The third kappa shape index (κ3) is 8.91. The fourth-order valence-corrected chi connectivity index (χ4v) is 1.36. The van der Waals surface area contributed by atoms with Crippen LogP contribution in [0.4, 0.5) is 0 Å². The van der Waals surface area contributed by atoms with Crippen LogP contribution in [0, 0.1) is 0 Å². The summed E-state index contributed by atoms with van der Waals surface area (Å²) < 4.78 is 15.4. The van der Waals surface area contributed by atoms with Crippen molar-refractivity contribution in [2.75, 3.05) is 19.8 Å². The van der Waals surface area contributed by atoms with Gasteiger partial charge in [0.1, 0.15) is 0 Å². The first-order chi connectivity index (χ1) is 9.67. The quantitative estimate of drug-likeness (QED) is 0.314. The minimum atomic E-state index is -1.24. The number of unbranched alkanes of at least 4 members (excludes halogenated alkanes) is 3. The fourth-order valence-electron chi connectivity index (χ4n) is 1.36. The number of hydrogen-bond acceptors (Lipinski definition) is 5. The van der Waals surface area contributed by atoms with E-state index in [1.807, 2.05) is 20.8 Å². The summed E-state index contributed by atoms with van der Waals surface area (Å²) in [5.41, 5.74) is 0. The molecule has 0 aromatic heterocycles. The van der Waals surface area contributed by atoms with Crippen LogP contribution in [-0.2, 0) is 23.8 Å². The Morgan fingerprint density at radius 1 is 0.750 bits per heavy atom. The molecule has 0 bridgehead atoms. The molecule has 0 aliphatic carbocycles. The van der Waals surface area contributed by atoms with Crippen molar-refractivity contribution in [3.8, 4) is 0 Å². The highest BCUT2D eigenvalue weighted by Crippen LogP contribution is 2.04. The van der Waals surface area contributed by atoms with E-state index in [0.717, 1.165) is 38.5 Å². The highest BCUT2D eigenvalue weighted by molar-refractivity contribution is 5.98. The molecule has 0 saturated carbocycles. The van der Waals surface area contributed by atoms with Crippen LogP contribution in [0.5, 0.6) is 0 Å². The minimum absolute atomic E-state index is 0.311. The predicted molar refractivity (Wildman–Crippen MR) is 76.4 cm³/mol. The maximum Gasteiger partial charge on any atom is 0.347 e. The summed E-state index contributed by atoms with van der Waals surface area (Å²) in [7, 11) is 0. The van der Waals surface area contributed by atoms with Crippen LogP contribution >= 0.6 is 0 Å². The van der Waals surface area contributed by atoms with Crippen LogP contribution in [0.15, 0.2) is 0 Å². The van der Waals surface area contributed by atoms with Crippen LogP contribution < -0.4 is 0 Å². The normalized spacial score (nSPS) is 10.6. The monoisotopic (exact) mass is 288 g/mol. The standard InChI is InChI=1S/C15H28O5/c1-4-7-10-18-13(14(16)19-11-8-5-2)15(17)20-12-9-6-3/h13H,4-12H2,1-3H3. The first-order valence-corrected chi connectivity index (χ1v) is 7.62. The summed E-state index contributed by atoms with van der Waals surface area (Å²) in [6, 6.07) is 0. The summed E-state index contributed by atoms with van der Waals surface area (Å²) >= 11 is 0. The van der Waals surface area contributed by atoms with Crippen molar-refractivity contribution < 1.29 is 23.8 Å². The lowest BCUT2D eigenvalue weighted by atomic mass is 10.3. The smallest absolute Gasteiger partial charge is 0.347 e. The molecular weight excluding hydrogens is 260 g/mol. The van der Waals surface area contributed by atoms with E-state index in [1.165, 1.54) is 0 Å². The molecule has 0 unspecified atom stereocenters. The van der Waals surface area contributed by atoms with E-state index in [9.17, 15) is 9.59 Å². The summed E-state index contributed by atoms with van der Waals surface area (Å²) in [6.45, 7) is 6.99. The molecule has 0 aliphatic rings. The SMILES string of the molecule is CCCCOC(=O)C(OCCCC)C(=O)OCCCC. The van der Waals surface area contributed by atoms with Gasteiger partial charge in [0.05, 0.1) is 13.2 Å². The van der Waals surface area contributed by atoms with E-state index in [0.29, 0.717) is 19.8 Å². The molecule has 0 radical (unpaired) electrons. The molecule has 0 aromatic rings. The second-order valence-corrected chi connectivity index (χ2v) is 4.65. The maximum atomic E-state index is 11.8. The van der Waals surface area contributed by atoms with Gasteiger partial charge in [0.2, 0.25) is 0 Å². The van der Waals surface area contributed by atoms with Gasteiger partial charge in [-0.15, -0.1) is 0 Å². The minimum Gasteiger partial charge on any atom is -0.463 e. The average molecular weight is 288 g/mol. The van der Waals surface area contributed by atoms with Gasteiger partial charge in [0.15, 0.2) is 0 Å². The van der Waals surface area contributed by atoms with Crippen LogP contribution in [0.3, 0.4) is 0 Å². The Balaban J connectivity index is 4.29. The van der Waals surface area contributed by atoms with Crippen molar-refractivity contribution in [1.82, 2.24) is 0 Å². The first-order valence-electron chi connectivity index (χ1n) is 7.62. The molecule has 0 saturated heterocycles. The molecule has 0 fully saturated rings. The third-order valence-electron chi connectivity index (χ3n) is 2.69. The van der Waals surface area contributed by atoms with Gasteiger partial charge in [-0.25, -0.2) is 9.59 Å². The summed E-state index contributed by atoms with van der Waals surface area (Å²) in [6.07, 6.45) is 3.89. The number of esters is 2. The van der Waals surface area contributed by atoms with E-state index in [-0.39, 0.29) is 0 Å². The summed E-state index contributed by atoms with van der Waals surface area (Å²) in [5.74, 6) is -1.29. The molecule has 0 heterocycles. The molecule has 0 aromatic carbocycles. The van der Waals surface area contributed by atoms with Crippen molar-refractivity contribution in [2.24, 2.45) is 0 Å². The van der Waals surface area contributed by atoms with Gasteiger partial charge in [0.25, 0.3) is 6.10 Å². The Bertz CT molecular complexity index is 243. The lowest BCUT2D eigenvalue weighted by Gasteiger charge is -2.15. The molecule has 0 atom stereocenters. The van der Waals surface area contributed by atoms with Gasteiger partial charge in [-0.3, -0.25) is 0 Å². The number of ether oxygens (including phenoxy) is 3. The van der Waals surface area contributed by atoms with E-state index < -0.39 is 18.0 Å². The Morgan fingerprint density at radius 2 is 1.15 bits per heavy atom. The van der Waals surface area contributed by atoms with Gasteiger partial charge in [0, 0.05) is 6.61 Å². The van der Waals surface area contributed by atoms with Gasteiger partial charge >= 0.3 is 11.9 Å². The van der Waals surface area contributed by atoms with E-state index >= 15 is 0 Å². The second kappa shape index (κ2) is 12.9. The summed E-state index contributed by atoms with van der Waals surface area (Å²) in [5, 5.41) is 0. The average Bonchev–Trinajstić information content (AvgIpc) is 2.44. The first kappa shape index (κ1) is 18.9. The number of carbonyl (C=O) groups excluding carboxylic acids is 2. The molecule has 20 heavy (non-hydrogen) atoms. The molecule has 0 N–H and O–H groups in total. The molecular formula is C15H28O5. The summed E-state index contributed by atoms with van der Waals surface area (Å²) in [4.78, 5) is 23.7. The van der Waals surface area contributed by atoms with E-state index in [2.05, 4.69) is 0 Å². The van der Waals surface area contributed by atoms with Crippen LogP contribution in [0.25, 0.3) is 0 Å². The lowest BCUT2D eigenvalue weighted by Crippen LogP contribution is -2.36. The van der Waals surface area contributed by atoms with Gasteiger partial charge in [-0.1, -0.05) is 40.0 Å². The Morgan fingerprint density at radius 3 is 1.55 bits per heavy atom. The Kier molecular flexibility index (Phi) is 12.2. The van der Waals surface area contributed by atoms with E-state index in [4.69, 9.17) is 14.2 Å². The second-order valence-electron chi connectivity index (χ2n) is 4.65. The fraction of sp³-hybridized carbons (Fsp3) is 0.867. The van der Waals surface area contributed by atoms with Crippen molar-refractivity contribution in [3.05, 3.63) is 0 Å². The molecule has 5 nitrogen and oxygen atoms in total. The number of hydrogen-bond donors (Lipinski definition) is 0. The zero-order valence-electron chi connectivity index (χ0n) is 13.0. The molecule has 118 valence electrons. The highest BCUT2D eigenvalue weighted by atomic mass is 16.6. The highest BCUT2D eigenvalue weighted by Gasteiger charge is 2.30. The Hall–Kier alpha value is -1.10. The van der Waals surface area contributed by atoms with Crippen molar-refractivity contribution in [3.63, 3.8) is 0 Å². The van der Waals surface area contributed by atoms with Crippen molar-refractivity contribution in [2.45, 2.75) is 65.4 Å². The molecule has 0 amide bonds. The topological polar surface area (TPSA) is 61.8 Å². The van der Waals surface area contributed by atoms with Crippen LogP contribution in [-0.4, -0.2) is 37.9 Å². The van der Waals surface area contributed by atoms with Gasteiger partial charge in [-0.05, 0) is 19.3 Å². The molecule has 0 aliphatic heterocycles. The molecule has 0 rings (SSSR count). The molecule has 5 heteroatoms.